The van der Waals surface area contributed by atoms with Gasteiger partial charge in [-0.15, -0.1) is 0 Å². The minimum Gasteiger partial charge on any atom is -0.384 e. The van der Waals surface area contributed by atoms with Crippen LogP contribution in [0.1, 0.15) is 33.6 Å². The van der Waals surface area contributed by atoms with Gasteiger partial charge in [-0.25, -0.2) is 0 Å². The van der Waals surface area contributed by atoms with E-state index in [1.54, 1.807) is 6.92 Å². The van der Waals surface area contributed by atoms with Crippen LogP contribution in [0, 0.1) is 0 Å². The monoisotopic (exact) mass is 176 g/mol. The van der Waals surface area contributed by atoms with Crippen LogP contribution >= 0.6 is 0 Å². The molecule has 0 bridgehead atoms. The normalized spacial score (nSPS) is 17.2. The molecule has 0 aromatic rings. The fraction of sp³-hybridized carbons (Fsp3) is 0.875. The zero-order chi connectivity index (χ0) is 9.99. The Labute approximate surface area is 71.8 Å². The SMILES string of the molecule is CCC(=O)CC(C)(O)C(C)(O)O. The summed E-state index contributed by atoms with van der Waals surface area (Å²) in [5.74, 6) is -2.44. The lowest BCUT2D eigenvalue weighted by molar-refractivity contribution is -0.257. The Morgan fingerprint density at radius 1 is 1.25 bits per heavy atom. The molecule has 0 rings (SSSR count). The van der Waals surface area contributed by atoms with Gasteiger partial charge in [0.1, 0.15) is 11.4 Å². The van der Waals surface area contributed by atoms with Gasteiger partial charge in [0, 0.05) is 12.8 Å². The van der Waals surface area contributed by atoms with E-state index < -0.39 is 11.4 Å². The summed E-state index contributed by atoms with van der Waals surface area (Å²) in [6.07, 6.45) is 0.0409. The van der Waals surface area contributed by atoms with Crippen LogP contribution in [0.15, 0.2) is 0 Å². The molecule has 0 saturated carbocycles. The van der Waals surface area contributed by atoms with Gasteiger partial charge >= 0.3 is 0 Å². The van der Waals surface area contributed by atoms with Gasteiger partial charge in [0.2, 0.25) is 0 Å². The van der Waals surface area contributed by atoms with Gasteiger partial charge in [0.05, 0.1) is 0 Å². The molecule has 0 aliphatic carbocycles. The van der Waals surface area contributed by atoms with Gasteiger partial charge in [-0.2, -0.15) is 0 Å². The Morgan fingerprint density at radius 2 is 1.67 bits per heavy atom. The zero-order valence-electron chi connectivity index (χ0n) is 7.66. The number of carbonyl (C=O) groups is 1. The van der Waals surface area contributed by atoms with Crippen LogP contribution in [0.2, 0.25) is 0 Å². The van der Waals surface area contributed by atoms with Crippen LogP contribution in [0.5, 0.6) is 0 Å². The van der Waals surface area contributed by atoms with Gasteiger partial charge in [-0.05, 0) is 13.8 Å². The van der Waals surface area contributed by atoms with E-state index in [1.807, 2.05) is 0 Å². The standard InChI is InChI=1S/C8H16O4/c1-4-6(9)5-7(2,10)8(3,11)12/h10-12H,4-5H2,1-3H3. The summed E-state index contributed by atoms with van der Waals surface area (Å²) in [6.45, 7) is 3.93. The minimum atomic E-state index is -2.24. The molecular formula is C8H16O4. The molecule has 0 radical (unpaired) electrons. The van der Waals surface area contributed by atoms with Crippen molar-refractivity contribution in [2.24, 2.45) is 0 Å². The van der Waals surface area contributed by atoms with Crippen molar-refractivity contribution < 1.29 is 20.1 Å². The molecule has 0 fully saturated rings. The second-order valence-electron chi connectivity index (χ2n) is 3.36. The van der Waals surface area contributed by atoms with Gasteiger partial charge in [-0.1, -0.05) is 6.92 Å². The van der Waals surface area contributed by atoms with Crippen LogP contribution in [-0.2, 0) is 4.79 Å². The van der Waals surface area contributed by atoms with Crippen molar-refractivity contribution in [1.82, 2.24) is 0 Å². The first-order valence-electron chi connectivity index (χ1n) is 3.89. The highest BCUT2D eigenvalue weighted by atomic mass is 16.5. The molecule has 0 amide bonds. The first kappa shape index (κ1) is 11.6. The average Bonchev–Trinajstić information content (AvgIpc) is 1.84. The third-order valence-electron chi connectivity index (χ3n) is 1.96. The molecule has 0 aromatic carbocycles. The first-order valence-corrected chi connectivity index (χ1v) is 3.89. The van der Waals surface area contributed by atoms with Crippen LogP contribution in [0.25, 0.3) is 0 Å². The summed E-state index contributed by atoms with van der Waals surface area (Å²) >= 11 is 0. The van der Waals surface area contributed by atoms with Crippen LogP contribution in [-0.4, -0.2) is 32.5 Å². The molecular weight excluding hydrogens is 160 g/mol. The lowest BCUT2D eigenvalue weighted by atomic mass is 9.90. The number of hydrogen-bond donors (Lipinski definition) is 3. The molecule has 4 heteroatoms. The highest BCUT2D eigenvalue weighted by molar-refractivity contribution is 5.79. The molecule has 0 heterocycles. The minimum absolute atomic E-state index is 0.200. The van der Waals surface area contributed by atoms with E-state index in [9.17, 15) is 9.90 Å². The molecule has 12 heavy (non-hydrogen) atoms. The maximum atomic E-state index is 10.9. The summed E-state index contributed by atoms with van der Waals surface area (Å²) in [4.78, 5) is 10.9. The highest BCUT2D eigenvalue weighted by Gasteiger charge is 2.41. The molecule has 0 spiro atoms. The van der Waals surface area contributed by atoms with Crippen molar-refractivity contribution in [2.75, 3.05) is 0 Å². The molecule has 0 aromatic heterocycles. The van der Waals surface area contributed by atoms with Crippen LogP contribution < -0.4 is 0 Å². The third kappa shape index (κ3) is 2.89. The summed E-state index contributed by atoms with van der Waals surface area (Å²) in [6, 6.07) is 0. The number of ketones is 1. The number of rotatable bonds is 4. The van der Waals surface area contributed by atoms with E-state index in [0.717, 1.165) is 6.92 Å². The van der Waals surface area contributed by atoms with Crippen molar-refractivity contribution in [3.05, 3.63) is 0 Å². The fourth-order valence-corrected chi connectivity index (χ4v) is 0.676. The van der Waals surface area contributed by atoms with E-state index in [0.29, 0.717) is 0 Å². The summed E-state index contributed by atoms with van der Waals surface area (Å²) in [7, 11) is 0. The fourth-order valence-electron chi connectivity index (χ4n) is 0.676. The molecule has 3 N–H and O–H groups in total. The lowest BCUT2D eigenvalue weighted by Crippen LogP contribution is -2.51. The largest absolute Gasteiger partial charge is 0.384 e. The lowest BCUT2D eigenvalue weighted by Gasteiger charge is -2.33. The Bertz CT molecular complexity index is 166. The Kier molecular flexibility index (Phi) is 3.38. The van der Waals surface area contributed by atoms with Crippen molar-refractivity contribution in [2.45, 2.75) is 45.0 Å². The smallest absolute Gasteiger partial charge is 0.189 e. The van der Waals surface area contributed by atoms with Crippen molar-refractivity contribution in [1.29, 1.82) is 0 Å². The van der Waals surface area contributed by atoms with E-state index in [1.165, 1.54) is 6.92 Å². The third-order valence-corrected chi connectivity index (χ3v) is 1.96. The topological polar surface area (TPSA) is 77.8 Å². The Balaban J connectivity index is 4.33. The average molecular weight is 176 g/mol. The Morgan fingerprint density at radius 3 is 1.92 bits per heavy atom. The maximum absolute atomic E-state index is 10.9. The molecule has 1 unspecified atom stereocenters. The Hall–Kier alpha value is -0.450. The van der Waals surface area contributed by atoms with E-state index in [-0.39, 0.29) is 18.6 Å². The van der Waals surface area contributed by atoms with Crippen molar-refractivity contribution in [3.8, 4) is 0 Å². The van der Waals surface area contributed by atoms with Crippen LogP contribution in [0.3, 0.4) is 0 Å². The van der Waals surface area contributed by atoms with E-state index in [2.05, 4.69) is 0 Å². The molecule has 1 atom stereocenters. The molecule has 0 aliphatic heterocycles. The first-order chi connectivity index (χ1) is 5.20. The highest BCUT2D eigenvalue weighted by Crippen LogP contribution is 2.23. The maximum Gasteiger partial charge on any atom is 0.189 e. The van der Waals surface area contributed by atoms with E-state index >= 15 is 0 Å². The predicted octanol–water partition coefficient (Wildman–Crippen LogP) is -0.193. The number of Topliss-reactive ketones (excluding diaryl/α,β-unsaturated/α-hetero) is 1. The van der Waals surface area contributed by atoms with Crippen LogP contribution in [0.4, 0.5) is 0 Å². The van der Waals surface area contributed by atoms with E-state index in [4.69, 9.17) is 10.2 Å². The molecule has 4 nitrogen and oxygen atoms in total. The molecule has 0 saturated heterocycles. The van der Waals surface area contributed by atoms with Gasteiger partial charge in [0.25, 0.3) is 0 Å². The van der Waals surface area contributed by atoms with Crippen molar-refractivity contribution in [3.63, 3.8) is 0 Å². The quantitative estimate of drug-likeness (QED) is 0.519. The number of carbonyl (C=O) groups excluding carboxylic acids is 1. The van der Waals surface area contributed by atoms with Gasteiger partial charge < -0.3 is 15.3 Å². The molecule has 0 aliphatic rings. The van der Waals surface area contributed by atoms with Gasteiger partial charge in [-0.3, -0.25) is 4.79 Å². The second kappa shape index (κ2) is 3.51. The number of hydrogen-bond acceptors (Lipinski definition) is 4. The summed E-state index contributed by atoms with van der Waals surface area (Å²) in [5, 5.41) is 27.5. The van der Waals surface area contributed by atoms with Crippen molar-refractivity contribution >= 4 is 5.78 Å². The predicted molar refractivity (Wildman–Crippen MR) is 43.4 cm³/mol. The number of aliphatic hydroxyl groups is 3. The second-order valence-corrected chi connectivity index (χ2v) is 3.36. The van der Waals surface area contributed by atoms with Gasteiger partial charge in [0.15, 0.2) is 5.79 Å². The molecule has 72 valence electrons. The summed E-state index contributed by atoms with van der Waals surface area (Å²) in [5.41, 5.74) is -1.78. The zero-order valence-corrected chi connectivity index (χ0v) is 7.66. The summed E-state index contributed by atoms with van der Waals surface area (Å²) < 4.78 is 0.